The molecule has 0 spiro atoms. The van der Waals surface area contributed by atoms with E-state index in [2.05, 4.69) is 0 Å². The van der Waals surface area contributed by atoms with Gasteiger partial charge in [-0.3, -0.25) is 0 Å². The molecular formula is C19H13Cl3O2. The molecule has 122 valence electrons. The van der Waals surface area contributed by atoms with Gasteiger partial charge in [-0.2, -0.15) is 0 Å². The molecule has 0 amide bonds. The summed E-state index contributed by atoms with van der Waals surface area (Å²) in [5.41, 5.74) is 3.03. The molecule has 0 aliphatic heterocycles. The van der Waals surface area contributed by atoms with E-state index in [1.54, 1.807) is 30.3 Å². The van der Waals surface area contributed by atoms with Crippen LogP contribution in [0.15, 0.2) is 48.0 Å². The number of hydrogen-bond donors (Lipinski definition) is 1. The molecule has 0 heterocycles. The Morgan fingerprint density at radius 2 is 1.79 bits per heavy atom. The van der Waals surface area contributed by atoms with Gasteiger partial charge in [0.2, 0.25) is 0 Å². The Morgan fingerprint density at radius 1 is 1.04 bits per heavy atom. The summed E-state index contributed by atoms with van der Waals surface area (Å²) in [7, 11) is 0. The number of fused-ring (bicyclic) bond motifs is 1. The first-order valence-electron chi connectivity index (χ1n) is 7.26. The predicted molar refractivity (Wildman–Crippen MR) is 99.3 cm³/mol. The van der Waals surface area contributed by atoms with Crippen molar-refractivity contribution in [3.63, 3.8) is 0 Å². The predicted octanol–water partition coefficient (Wildman–Crippen LogP) is 4.59. The van der Waals surface area contributed by atoms with Crippen LogP contribution in [-0.2, 0) is 0 Å². The van der Waals surface area contributed by atoms with Crippen LogP contribution in [0, 0.1) is 0 Å². The molecule has 1 aliphatic carbocycles. The maximum Gasteiger partial charge on any atom is 0.335 e. The maximum atomic E-state index is 11.4. The van der Waals surface area contributed by atoms with Crippen molar-refractivity contribution in [3.05, 3.63) is 79.7 Å². The minimum absolute atomic E-state index is 0.209. The number of rotatable bonds is 2. The van der Waals surface area contributed by atoms with E-state index in [1.807, 2.05) is 19.1 Å². The summed E-state index contributed by atoms with van der Waals surface area (Å²) in [4.78, 5) is 11.4. The molecular weight excluding hydrogens is 367 g/mol. The molecule has 3 rings (SSSR count). The first-order valence-corrected chi connectivity index (χ1v) is 8.39. The van der Waals surface area contributed by atoms with E-state index >= 15 is 0 Å². The van der Waals surface area contributed by atoms with Crippen LogP contribution in [0.2, 0.25) is 10.0 Å². The zero-order valence-corrected chi connectivity index (χ0v) is 15.0. The fraction of sp³-hybridized carbons (Fsp3) is 0.105. The highest BCUT2D eigenvalue weighted by atomic mass is 35.5. The molecule has 1 aliphatic rings. The summed E-state index contributed by atoms with van der Waals surface area (Å²) in [6.45, 7) is 1.98. The van der Waals surface area contributed by atoms with E-state index in [9.17, 15) is 9.90 Å². The Hall–Kier alpha value is -1.74. The smallest absolute Gasteiger partial charge is 0.335 e. The lowest BCUT2D eigenvalue weighted by molar-refractivity contribution is 0.0697. The van der Waals surface area contributed by atoms with E-state index in [0.717, 1.165) is 27.1 Å². The number of carboxylic acids is 1. The summed E-state index contributed by atoms with van der Waals surface area (Å²) < 4.78 is 0. The molecule has 0 fully saturated rings. The molecule has 2 aromatic carbocycles. The summed E-state index contributed by atoms with van der Waals surface area (Å²) in [6.07, 6.45) is 2.52. The van der Waals surface area contributed by atoms with Gasteiger partial charge in [-0.25, -0.2) is 4.79 Å². The van der Waals surface area contributed by atoms with Crippen LogP contribution in [0.4, 0.5) is 0 Å². The monoisotopic (exact) mass is 378 g/mol. The fourth-order valence-electron chi connectivity index (χ4n) is 2.83. The van der Waals surface area contributed by atoms with Crippen molar-refractivity contribution in [2.45, 2.75) is 13.3 Å². The first kappa shape index (κ1) is 17.1. The lowest BCUT2D eigenvalue weighted by Gasteiger charge is -2.11. The Labute approximate surface area is 154 Å². The highest BCUT2D eigenvalue weighted by molar-refractivity contribution is 6.47. The summed E-state index contributed by atoms with van der Waals surface area (Å²) in [5, 5.41) is 12.5. The fourth-order valence-corrected chi connectivity index (χ4v) is 3.70. The quantitative estimate of drug-likeness (QED) is 0.829. The average Bonchev–Trinajstić information content (AvgIpc) is 2.63. The molecule has 0 unspecified atom stereocenters. The Kier molecular flexibility index (Phi) is 4.73. The second-order valence-electron chi connectivity index (χ2n) is 5.68. The molecule has 0 radical (unpaired) electrons. The van der Waals surface area contributed by atoms with E-state index < -0.39 is 5.97 Å². The lowest BCUT2D eigenvalue weighted by Crippen LogP contribution is -2.29. The number of aromatic carboxylic acids is 1. The van der Waals surface area contributed by atoms with Crippen LogP contribution in [0.25, 0.3) is 10.6 Å². The third kappa shape index (κ3) is 3.23. The summed E-state index contributed by atoms with van der Waals surface area (Å²) >= 11 is 18.8. The summed E-state index contributed by atoms with van der Waals surface area (Å²) in [5.74, 6) is -0.982. The molecule has 0 bridgehead atoms. The second kappa shape index (κ2) is 6.64. The van der Waals surface area contributed by atoms with Crippen molar-refractivity contribution < 1.29 is 9.90 Å². The lowest BCUT2D eigenvalue weighted by atomic mass is 9.96. The highest BCUT2D eigenvalue weighted by Gasteiger charge is 2.14. The number of benzene rings is 2. The molecule has 2 nitrogen and oxygen atoms in total. The molecule has 5 heteroatoms. The highest BCUT2D eigenvalue weighted by Crippen LogP contribution is 2.30. The van der Waals surface area contributed by atoms with Gasteiger partial charge >= 0.3 is 5.97 Å². The zero-order chi connectivity index (χ0) is 17.4. The van der Waals surface area contributed by atoms with Gasteiger partial charge in [0.1, 0.15) is 0 Å². The maximum absolute atomic E-state index is 11.4. The van der Waals surface area contributed by atoms with Gasteiger partial charge in [-0.1, -0.05) is 52.5 Å². The first-order chi connectivity index (χ1) is 11.4. The number of allylic oxidation sites excluding steroid dienone is 2. The largest absolute Gasteiger partial charge is 0.478 e. The third-order valence-corrected chi connectivity index (χ3v) is 4.79. The van der Waals surface area contributed by atoms with Crippen molar-refractivity contribution in [1.29, 1.82) is 0 Å². The van der Waals surface area contributed by atoms with Gasteiger partial charge in [-0.05, 0) is 60.0 Å². The average molecular weight is 380 g/mol. The van der Waals surface area contributed by atoms with Gasteiger partial charge in [0, 0.05) is 20.3 Å². The van der Waals surface area contributed by atoms with Crippen molar-refractivity contribution in [3.8, 4) is 0 Å². The molecule has 1 N–H and O–H groups in total. The number of carbonyl (C=O) groups is 1. The van der Waals surface area contributed by atoms with Gasteiger partial charge in [0.15, 0.2) is 0 Å². The standard InChI is InChI=1S/C19H13Cl3O2/c1-10-6-15(14-5-3-12(20)9-18(14)22)16-8-11(19(23)24)2-4-13(16)17(21)7-10/h2-5,7-9H,6H2,1H3,(H,23,24). The van der Waals surface area contributed by atoms with Crippen LogP contribution in [-0.4, -0.2) is 11.1 Å². The molecule has 0 atom stereocenters. The number of carboxylic acid groups (broad SMARTS) is 1. The van der Waals surface area contributed by atoms with E-state index in [1.165, 1.54) is 0 Å². The van der Waals surface area contributed by atoms with Crippen molar-refractivity contribution >= 4 is 51.4 Å². The molecule has 2 aromatic rings. The van der Waals surface area contributed by atoms with Crippen LogP contribution >= 0.6 is 34.8 Å². The SMILES string of the molecule is CC1=CC(Cl)=c2ccc(C(=O)O)cc2=C(c2ccc(Cl)cc2Cl)C1. The number of halogens is 3. The Morgan fingerprint density at radius 3 is 2.46 bits per heavy atom. The Bertz CT molecular complexity index is 1000. The van der Waals surface area contributed by atoms with Crippen molar-refractivity contribution in [2.24, 2.45) is 0 Å². The van der Waals surface area contributed by atoms with E-state index in [-0.39, 0.29) is 5.56 Å². The van der Waals surface area contributed by atoms with Gasteiger partial charge in [0.25, 0.3) is 0 Å². The minimum atomic E-state index is -0.982. The normalized spacial score (nSPS) is 14.1. The van der Waals surface area contributed by atoms with Crippen LogP contribution in [0.5, 0.6) is 0 Å². The second-order valence-corrected chi connectivity index (χ2v) is 6.93. The number of hydrogen-bond acceptors (Lipinski definition) is 1. The molecule has 0 saturated carbocycles. The van der Waals surface area contributed by atoms with Gasteiger partial charge in [-0.15, -0.1) is 0 Å². The zero-order valence-electron chi connectivity index (χ0n) is 12.7. The minimum Gasteiger partial charge on any atom is -0.478 e. The van der Waals surface area contributed by atoms with Crippen molar-refractivity contribution in [1.82, 2.24) is 0 Å². The van der Waals surface area contributed by atoms with E-state index in [0.29, 0.717) is 21.5 Å². The third-order valence-electron chi connectivity index (χ3n) is 3.93. The summed E-state index contributed by atoms with van der Waals surface area (Å²) in [6, 6.07) is 10.2. The van der Waals surface area contributed by atoms with Crippen LogP contribution < -0.4 is 10.4 Å². The van der Waals surface area contributed by atoms with Crippen LogP contribution in [0.1, 0.15) is 29.3 Å². The Balaban J connectivity index is 2.46. The molecule has 0 aromatic heterocycles. The molecule has 0 saturated heterocycles. The van der Waals surface area contributed by atoms with Crippen molar-refractivity contribution in [2.75, 3.05) is 0 Å². The van der Waals surface area contributed by atoms with Gasteiger partial charge < -0.3 is 5.11 Å². The topological polar surface area (TPSA) is 37.3 Å². The van der Waals surface area contributed by atoms with Gasteiger partial charge in [0.05, 0.1) is 5.56 Å². The molecule has 24 heavy (non-hydrogen) atoms. The van der Waals surface area contributed by atoms with E-state index in [4.69, 9.17) is 34.8 Å². The van der Waals surface area contributed by atoms with Crippen LogP contribution in [0.3, 0.4) is 0 Å².